The summed E-state index contributed by atoms with van der Waals surface area (Å²) < 4.78 is 1.63. The van der Waals surface area contributed by atoms with Gasteiger partial charge in [-0.2, -0.15) is 21.7 Å². The third-order valence-electron chi connectivity index (χ3n) is 2.72. The van der Waals surface area contributed by atoms with Crippen molar-refractivity contribution in [2.75, 3.05) is 0 Å². The van der Waals surface area contributed by atoms with E-state index in [1.54, 1.807) is 10.7 Å². The maximum atomic E-state index is 12.2. The van der Waals surface area contributed by atoms with E-state index in [4.69, 9.17) is 5.26 Å². The van der Waals surface area contributed by atoms with Gasteiger partial charge in [-0.15, -0.1) is 0 Å². The molecule has 2 aromatic heterocycles. The fourth-order valence-corrected chi connectivity index (χ4v) is 2.49. The van der Waals surface area contributed by atoms with E-state index in [2.05, 4.69) is 16.5 Å². The molecule has 0 radical (unpaired) electrons. The lowest BCUT2D eigenvalue weighted by Crippen LogP contribution is -2.29. The van der Waals surface area contributed by atoms with E-state index >= 15 is 0 Å². The topological polar surface area (TPSA) is 70.7 Å². The maximum Gasteiger partial charge on any atom is 0.270 e. The van der Waals surface area contributed by atoms with Crippen molar-refractivity contribution in [3.05, 3.63) is 39.8 Å². The second-order valence-corrected chi connectivity index (χ2v) is 4.86. The molecule has 0 saturated heterocycles. The van der Waals surface area contributed by atoms with Crippen LogP contribution in [-0.2, 0) is 6.54 Å². The van der Waals surface area contributed by atoms with E-state index in [-0.39, 0.29) is 5.91 Å². The monoisotopic (exact) mass is 274 g/mol. The highest BCUT2D eigenvalue weighted by Crippen LogP contribution is 2.16. The van der Waals surface area contributed by atoms with Crippen molar-refractivity contribution in [1.29, 1.82) is 5.26 Å². The second-order valence-electron chi connectivity index (χ2n) is 4.08. The molecule has 1 amide bonds. The average Bonchev–Trinajstić information content (AvgIpc) is 3.04. The number of aryl methyl sites for hydroxylation is 2. The van der Waals surface area contributed by atoms with E-state index in [0.717, 1.165) is 11.3 Å². The smallest absolute Gasteiger partial charge is 0.270 e. The van der Waals surface area contributed by atoms with Crippen LogP contribution in [0, 0.1) is 18.3 Å². The number of hydrogen-bond acceptors (Lipinski definition) is 4. The molecule has 0 saturated carbocycles. The second kappa shape index (κ2) is 5.67. The summed E-state index contributed by atoms with van der Waals surface area (Å²) in [5.74, 6) is -0.278. The Balaban J connectivity index is 2.18. The van der Waals surface area contributed by atoms with Crippen molar-refractivity contribution in [3.8, 4) is 6.07 Å². The third kappa shape index (κ3) is 2.83. The fraction of sp³-hybridized carbons (Fsp3) is 0.308. The molecule has 0 bridgehead atoms. The molecule has 6 heteroatoms. The Morgan fingerprint density at radius 1 is 1.68 bits per heavy atom. The van der Waals surface area contributed by atoms with Crippen LogP contribution in [0.4, 0.5) is 0 Å². The molecular formula is C13H14N4OS. The van der Waals surface area contributed by atoms with Crippen LogP contribution in [0.3, 0.4) is 0 Å². The molecule has 1 unspecified atom stereocenters. The molecule has 1 atom stereocenters. The summed E-state index contributed by atoms with van der Waals surface area (Å²) in [5.41, 5.74) is 2.08. The van der Waals surface area contributed by atoms with Crippen LogP contribution in [0.1, 0.15) is 34.7 Å². The van der Waals surface area contributed by atoms with E-state index in [9.17, 15) is 4.79 Å². The number of aromatic nitrogens is 2. The molecule has 2 aromatic rings. The summed E-state index contributed by atoms with van der Waals surface area (Å²) in [6, 6.07) is 5.03. The Labute approximate surface area is 115 Å². The zero-order chi connectivity index (χ0) is 13.8. The van der Waals surface area contributed by atoms with Gasteiger partial charge in [-0.1, -0.05) is 0 Å². The first-order valence-corrected chi connectivity index (χ1v) is 6.87. The SMILES string of the molecule is CCn1nc(C)cc1C(=O)NC(C#N)c1ccsc1. The molecule has 0 spiro atoms. The van der Waals surface area contributed by atoms with Gasteiger partial charge >= 0.3 is 0 Å². The first-order valence-electron chi connectivity index (χ1n) is 5.92. The van der Waals surface area contributed by atoms with E-state index < -0.39 is 6.04 Å². The zero-order valence-electron chi connectivity index (χ0n) is 10.8. The van der Waals surface area contributed by atoms with Gasteiger partial charge < -0.3 is 5.32 Å². The third-order valence-corrected chi connectivity index (χ3v) is 3.42. The van der Waals surface area contributed by atoms with Gasteiger partial charge in [0.1, 0.15) is 11.7 Å². The summed E-state index contributed by atoms with van der Waals surface area (Å²) in [4.78, 5) is 12.2. The number of amides is 1. The Bertz CT molecular complexity index is 609. The van der Waals surface area contributed by atoms with Gasteiger partial charge in [0, 0.05) is 6.54 Å². The van der Waals surface area contributed by atoms with Gasteiger partial charge in [-0.05, 0) is 42.3 Å². The summed E-state index contributed by atoms with van der Waals surface area (Å²) in [6.07, 6.45) is 0. The summed E-state index contributed by atoms with van der Waals surface area (Å²) in [6.45, 7) is 4.37. The van der Waals surface area contributed by atoms with E-state index in [1.165, 1.54) is 11.3 Å². The van der Waals surface area contributed by atoms with Crippen molar-refractivity contribution in [2.45, 2.75) is 26.4 Å². The Morgan fingerprint density at radius 2 is 2.47 bits per heavy atom. The predicted octanol–water partition coefficient (Wildman–Crippen LogP) is 2.27. The van der Waals surface area contributed by atoms with Crippen molar-refractivity contribution in [1.82, 2.24) is 15.1 Å². The van der Waals surface area contributed by atoms with Crippen LogP contribution in [0.25, 0.3) is 0 Å². The summed E-state index contributed by atoms with van der Waals surface area (Å²) in [5, 5.41) is 19.8. The number of thiophene rings is 1. The average molecular weight is 274 g/mol. The molecule has 5 nitrogen and oxygen atoms in total. The number of carbonyl (C=O) groups excluding carboxylic acids is 1. The zero-order valence-corrected chi connectivity index (χ0v) is 11.6. The molecule has 19 heavy (non-hydrogen) atoms. The highest BCUT2D eigenvalue weighted by Gasteiger charge is 2.18. The van der Waals surface area contributed by atoms with Crippen LogP contribution in [0.2, 0.25) is 0 Å². The summed E-state index contributed by atoms with van der Waals surface area (Å²) >= 11 is 1.50. The van der Waals surface area contributed by atoms with Gasteiger partial charge in [0.15, 0.2) is 0 Å². The Kier molecular flexibility index (Phi) is 3.97. The van der Waals surface area contributed by atoms with Crippen molar-refractivity contribution in [2.24, 2.45) is 0 Å². The van der Waals surface area contributed by atoms with Gasteiger partial charge in [0.05, 0.1) is 11.8 Å². The van der Waals surface area contributed by atoms with Crippen LogP contribution in [0.15, 0.2) is 22.9 Å². The Hall–Kier alpha value is -2.13. The highest BCUT2D eigenvalue weighted by molar-refractivity contribution is 7.08. The normalized spacial score (nSPS) is 11.8. The van der Waals surface area contributed by atoms with Gasteiger partial charge in [-0.3, -0.25) is 9.48 Å². The number of carbonyl (C=O) groups is 1. The molecule has 0 aliphatic rings. The number of hydrogen-bond donors (Lipinski definition) is 1. The van der Waals surface area contributed by atoms with Gasteiger partial charge in [-0.25, -0.2) is 0 Å². The predicted molar refractivity (Wildman–Crippen MR) is 72.8 cm³/mol. The molecular weight excluding hydrogens is 260 g/mol. The lowest BCUT2D eigenvalue weighted by molar-refractivity contribution is 0.0934. The number of rotatable bonds is 4. The number of nitrogens with zero attached hydrogens (tertiary/aromatic N) is 3. The molecule has 98 valence electrons. The minimum absolute atomic E-state index is 0.278. The van der Waals surface area contributed by atoms with Gasteiger partial charge in [0.2, 0.25) is 0 Å². The molecule has 0 aliphatic heterocycles. The minimum Gasteiger partial charge on any atom is -0.331 e. The molecule has 0 aliphatic carbocycles. The largest absolute Gasteiger partial charge is 0.331 e. The molecule has 1 N–H and O–H groups in total. The molecule has 0 aromatic carbocycles. The fourth-order valence-electron chi connectivity index (χ4n) is 1.80. The molecule has 2 rings (SSSR count). The van der Waals surface area contributed by atoms with Crippen LogP contribution in [-0.4, -0.2) is 15.7 Å². The molecule has 2 heterocycles. The van der Waals surface area contributed by atoms with Crippen LogP contribution in [0.5, 0.6) is 0 Å². The Morgan fingerprint density at radius 3 is 3.05 bits per heavy atom. The minimum atomic E-state index is -0.626. The maximum absolute atomic E-state index is 12.2. The first-order chi connectivity index (χ1) is 9.15. The van der Waals surface area contributed by atoms with Crippen LogP contribution >= 0.6 is 11.3 Å². The quantitative estimate of drug-likeness (QED) is 0.929. The first kappa shape index (κ1) is 13.3. The summed E-state index contributed by atoms with van der Waals surface area (Å²) in [7, 11) is 0. The lowest BCUT2D eigenvalue weighted by Gasteiger charge is -2.10. The van der Waals surface area contributed by atoms with E-state index in [1.807, 2.05) is 30.7 Å². The van der Waals surface area contributed by atoms with Gasteiger partial charge in [0.25, 0.3) is 5.91 Å². The number of nitriles is 1. The van der Waals surface area contributed by atoms with E-state index in [0.29, 0.717) is 12.2 Å². The lowest BCUT2D eigenvalue weighted by atomic mass is 10.1. The highest BCUT2D eigenvalue weighted by atomic mass is 32.1. The van der Waals surface area contributed by atoms with Crippen molar-refractivity contribution >= 4 is 17.2 Å². The van der Waals surface area contributed by atoms with Crippen molar-refractivity contribution < 1.29 is 4.79 Å². The van der Waals surface area contributed by atoms with Crippen molar-refractivity contribution in [3.63, 3.8) is 0 Å². The standard InChI is InChI=1S/C13H14N4OS/c1-3-17-12(6-9(2)16-17)13(18)15-11(7-14)10-4-5-19-8-10/h4-6,8,11H,3H2,1-2H3,(H,15,18). The van der Waals surface area contributed by atoms with Crippen LogP contribution < -0.4 is 5.32 Å². The number of nitrogens with one attached hydrogen (secondary N) is 1. The molecule has 0 fully saturated rings.